The molecule has 7 nitrogen and oxygen atoms in total. The minimum absolute atomic E-state index is 0.0267. The van der Waals surface area contributed by atoms with Crippen molar-refractivity contribution in [1.29, 1.82) is 0 Å². The Morgan fingerprint density at radius 3 is 2.75 bits per heavy atom. The average Bonchev–Trinajstić information content (AvgIpc) is 2.97. The number of sulfonamides is 1. The molecule has 0 bridgehead atoms. The van der Waals surface area contributed by atoms with E-state index in [1.165, 1.54) is 30.3 Å². The van der Waals surface area contributed by atoms with Gasteiger partial charge in [-0.25, -0.2) is 17.9 Å². The number of nitrogens with two attached hydrogens (primary N) is 1. The number of hydrogen-bond acceptors (Lipinski definition) is 5. The van der Waals surface area contributed by atoms with Crippen LogP contribution in [0, 0.1) is 5.82 Å². The number of rotatable bonds is 6. The lowest BCUT2D eigenvalue weighted by atomic mass is 10.2. The topological polar surface area (TPSA) is 104 Å². The third kappa shape index (κ3) is 4.53. The molecular weight excluding hydrogens is 405 g/mol. The van der Waals surface area contributed by atoms with Crippen LogP contribution in [-0.4, -0.2) is 32.1 Å². The zero-order valence-electron chi connectivity index (χ0n) is 15.0. The van der Waals surface area contributed by atoms with Crippen LogP contribution in [0.3, 0.4) is 0 Å². The van der Waals surface area contributed by atoms with E-state index in [9.17, 15) is 17.6 Å². The number of benzene rings is 2. The van der Waals surface area contributed by atoms with E-state index in [1.54, 1.807) is 10.6 Å². The molecule has 1 aromatic heterocycles. The predicted octanol–water partition coefficient (Wildman–Crippen LogP) is 2.27. The largest absolute Gasteiger partial charge is 0.380 e. The number of primary sulfonamides is 1. The Hall–Kier alpha value is -2.40. The SMILES string of the molecule is CCOCCn1c(=NC(=O)c2cccc(F)c2)sc2cc(S(N)(=O)=O)ccc21. The molecular formula is C18H18FN3O4S2. The van der Waals surface area contributed by atoms with Crippen LogP contribution in [0.25, 0.3) is 10.2 Å². The van der Waals surface area contributed by atoms with Crippen molar-refractivity contribution in [3.05, 3.63) is 58.6 Å². The van der Waals surface area contributed by atoms with Crippen LogP contribution in [0.5, 0.6) is 0 Å². The molecule has 0 fully saturated rings. The Bertz CT molecular complexity index is 1200. The van der Waals surface area contributed by atoms with Crippen LogP contribution in [0.4, 0.5) is 4.39 Å². The number of ether oxygens (including phenoxy) is 1. The predicted molar refractivity (Wildman–Crippen MR) is 104 cm³/mol. The number of hydrogen-bond donors (Lipinski definition) is 1. The first-order chi connectivity index (χ1) is 13.3. The second kappa shape index (κ2) is 8.31. The number of aromatic nitrogens is 1. The molecule has 0 aliphatic rings. The second-order valence-electron chi connectivity index (χ2n) is 5.84. The van der Waals surface area contributed by atoms with Crippen LogP contribution in [0.1, 0.15) is 17.3 Å². The fraction of sp³-hybridized carbons (Fsp3) is 0.222. The summed E-state index contributed by atoms with van der Waals surface area (Å²) in [5, 5.41) is 5.20. The van der Waals surface area contributed by atoms with Gasteiger partial charge in [-0.1, -0.05) is 17.4 Å². The molecule has 3 rings (SSSR count). The highest BCUT2D eigenvalue weighted by Gasteiger charge is 2.14. The van der Waals surface area contributed by atoms with E-state index in [-0.39, 0.29) is 10.5 Å². The van der Waals surface area contributed by atoms with E-state index in [2.05, 4.69) is 4.99 Å². The first-order valence-corrected chi connectivity index (χ1v) is 10.7. The summed E-state index contributed by atoms with van der Waals surface area (Å²) in [6.45, 7) is 3.21. The van der Waals surface area contributed by atoms with Crippen LogP contribution in [0.15, 0.2) is 52.4 Å². The van der Waals surface area contributed by atoms with Gasteiger partial charge in [-0.15, -0.1) is 0 Å². The van der Waals surface area contributed by atoms with Gasteiger partial charge in [-0.2, -0.15) is 4.99 Å². The first-order valence-electron chi connectivity index (χ1n) is 8.38. The van der Waals surface area contributed by atoms with Crippen molar-refractivity contribution < 1.29 is 22.3 Å². The molecule has 0 saturated heterocycles. The molecule has 0 spiro atoms. The summed E-state index contributed by atoms with van der Waals surface area (Å²) >= 11 is 1.15. The highest BCUT2D eigenvalue weighted by molar-refractivity contribution is 7.89. The molecule has 0 saturated carbocycles. The second-order valence-corrected chi connectivity index (χ2v) is 8.41. The van der Waals surface area contributed by atoms with E-state index in [0.717, 1.165) is 17.4 Å². The Labute approximate surface area is 165 Å². The van der Waals surface area contributed by atoms with Crippen molar-refractivity contribution in [1.82, 2.24) is 4.57 Å². The minimum atomic E-state index is -3.86. The lowest BCUT2D eigenvalue weighted by molar-refractivity contribution is 0.0996. The Balaban J connectivity index is 2.13. The molecule has 2 N–H and O–H groups in total. The number of nitrogens with zero attached hydrogens (tertiary/aromatic N) is 2. The Kier molecular flexibility index (Phi) is 6.04. The molecule has 28 heavy (non-hydrogen) atoms. The van der Waals surface area contributed by atoms with Gasteiger partial charge in [0.25, 0.3) is 5.91 Å². The van der Waals surface area contributed by atoms with Crippen molar-refractivity contribution in [3.63, 3.8) is 0 Å². The molecule has 0 aliphatic carbocycles. The number of halogens is 1. The van der Waals surface area contributed by atoms with Gasteiger partial charge >= 0.3 is 0 Å². The standard InChI is InChI=1S/C18H18FN3O4S2/c1-2-26-9-8-22-15-7-6-14(28(20,24)25)11-16(15)27-18(22)21-17(23)12-4-3-5-13(19)10-12/h3-7,10-11H,2,8-9H2,1H3,(H2,20,24,25). The van der Waals surface area contributed by atoms with Crippen molar-refractivity contribution in [2.45, 2.75) is 18.4 Å². The molecule has 2 aromatic carbocycles. The van der Waals surface area contributed by atoms with E-state index >= 15 is 0 Å². The smallest absolute Gasteiger partial charge is 0.279 e. The molecule has 0 atom stereocenters. The fourth-order valence-electron chi connectivity index (χ4n) is 2.61. The van der Waals surface area contributed by atoms with Crippen LogP contribution >= 0.6 is 11.3 Å². The van der Waals surface area contributed by atoms with E-state index in [0.29, 0.717) is 34.8 Å². The number of carbonyl (C=O) groups is 1. The van der Waals surface area contributed by atoms with Gasteiger partial charge in [-0.05, 0) is 43.3 Å². The summed E-state index contributed by atoms with van der Waals surface area (Å²) in [5.41, 5.74) is 0.821. The molecule has 1 heterocycles. The monoisotopic (exact) mass is 423 g/mol. The highest BCUT2D eigenvalue weighted by Crippen LogP contribution is 2.21. The molecule has 10 heteroatoms. The van der Waals surface area contributed by atoms with Gasteiger partial charge in [-0.3, -0.25) is 4.79 Å². The zero-order chi connectivity index (χ0) is 20.3. The van der Waals surface area contributed by atoms with Gasteiger partial charge in [0.05, 0.1) is 21.7 Å². The number of fused-ring (bicyclic) bond motifs is 1. The number of carbonyl (C=O) groups excluding carboxylic acids is 1. The van der Waals surface area contributed by atoms with Crippen LogP contribution in [-0.2, 0) is 21.3 Å². The quantitative estimate of drug-likeness (QED) is 0.614. The molecule has 0 unspecified atom stereocenters. The molecule has 0 radical (unpaired) electrons. The van der Waals surface area contributed by atoms with Crippen LogP contribution < -0.4 is 9.94 Å². The molecule has 1 amide bonds. The summed E-state index contributed by atoms with van der Waals surface area (Å²) in [7, 11) is -3.86. The van der Waals surface area contributed by atoms with Crippen molar-refractivity contribution in [3.8, 4) is 0 Å². The summed E-state index contributed by atoms with van der Waals surface area (Å²) in [4.78, 5) is 16.9. The maximum atomic E-state index is 13.4. The first kappa shape index (κ1) is 20.3. The van der Waals surface area contributed by atoms with Gasteiger partial charge in [0.2, 0.25) is 10.0 Å². The van der Waals surface area contributed by atoms with Gasteiger partial charge in [0.1, 0.15) is 5.82 Å². The molecule has 0 aliphatic heterocycles. The van der Waals surface area contributed by atoms with E-state index < -0.39 is 21.7 Å². The Morgan fingerprint density at radius 1 is 1.29 bits per heavy atom. The summed E-state index contributed by atoms with van der Waals surface area (Å²) in [5.74, 6) is -1.12. The lowest BCUT2D eigenvalue weighted by Crippen LogP contribution is -2.19. The Morgan fingerprint density at radius 2 is 2.07 bits per heavy atom. The van der Waals surface area contributed by atoms with Crippen molar-refractivity contribution in [2.75, 3.05) is 13.2 Å². The highest BCUT2D eigenvalue weighted by atomic mass is 32.2. The van der Waals surface area contributed by atoms with E-state index in [1.807, 2.05) is 6.92 Å². The third-order valence-electron chi connectivity index (χ3n) is 3.91. The van der Waals surface area contributed by atoms with Crippen molar-refractivity contribution in [2.24, 2.45) is 10.1 Å². The normalized spacial score (nSPS) is 12.6. The zero-order valence-corrected chi connectivity index (χ0v) is 16.6. The average molecular weight is 423 g/mol. The van der Waals surface area contributed by atoms with Gasteiger partial charge < -0.3 is 9.30 Å². The maximum absolute atomic E-state index is 13.4. The lowest BCUT2D eigenvalue weighted by Gasteiger charge is -2.06. The number of amides is 1. The number of thiazole rings is 1. The fourth-order valence-corrected chi connectivity index (χ4v) is 4.31. The van der Waals surface area contributed by atoms with E-state index in [4.69, 9.17) is 9.88 Å². The summed E-state index contributed by atoms with van der Waals surface area (Å²) in [6.07, 6.45) is 0. The molecule has 3 aromatic rings. The van der Waals surface area contributed by atoms with Gasteiger partial charge in [0, 0.05) is 18.7 Å². The van der Waals surface area contributed by atoms with Crippen molar-refractivity contribution >= 4 is 37.5 Å². The van der Waals surface area contributed by atoms with Crippen LogP contribution in [0.2, 0.25) is 0 Å². The maximum Gasteiger partial charge on any atom is 0.279 e. The molecule has 148 valence electrons. The third-order valence-corrected chi connectivity index (χ3v) is 5.87. The summed E-state index contributed by atoms with van der Waals surface area (Å²) in [6, 6.07) is 9.73. The minimum Gasteiger partial charge on any atom is -0.380 e. The summed E-state index contributed by atoms with van der Waals surface area (Å²) < 4.78 is 44.4. The van der Waals surface area contributed by atoms with Gasteiger partial charge in [0.15, 0.2) is 4.80 Å².